The second kappa shape index (κ2) is 7.14. The number of nitrogens with zero attached hydrogens (tertiary/aromatic N) is 1. The Morgan fingerprint density at radius 2 is 1.62 bits per heavy atom. The maximum Gasteiger partial charge on any atom is 0.309 e. The smallest absolute Gasteiger partial charge is 0.309 e. The monoisotopic (exact) mass is 287 g/mol. The van der Waals surface area contributed by atoms with Crippen molar-refractivity contribution in [2.75, 3.05) is 0 Å². The van der Waals surface area contributed by atoms with E-state index in [1.807, 2.05) is 0 Å². The first-order valence-corrected chi connectivity index (χ1v) is 6.36. The van der Waals surface area contributed by atoms with Crippen molar-refractivity contribution in [2.24, 2.45) is 0 Å². The number of pyridine rings is 1. The van der Waals surface area contributed by atoms with Gasteiger partial charge in [-0.2, -0.15) is 0 Å². The summed E-state index contributed by atoms with van der Waals surface area (Å²) in [4.78, 5) is 27.2. The molecule has 0 bridgehead atoms. The van der Waals surface area contributed by atoms with Gasteiger partial charge < -0.3 is 10.6 Å². The Morgan fingerprint density at radius 3 is 2.29 bits per heavy atom. The normalized spacial score (nSPS) is 9.95. The van der Waals surface area contributed by atoms with E-state index in [9.17, 15) is 14.0 Å². The Labute approximate surface area is 121 Å². The zero-order chi connectivity index (χ0) is 15.1. The Bertz CT molecular complexity index is 632. The largest absolute Gasteiger partial charge is 0.344 e. The lowest BCUT2D eigenvalue weighted by Gasteiger charge is -2.07. The summed E-state index contributed by atoms with van der Waals surface area (Å²) in [6.07, 6.45) is 1.60. The first-order chi connectivity index (χ1) is 10.2. The number of rotatable bonds is 4. The van der Waals surface area contributed by atoms with Crippen LogP contribution in [0.4, 0.5) is 4.39 Å². The van der Waals surface area contributed by atoms with E-state index in [4.69, 9.17) is 0 Å². The van der Waals surface area contributed by atoms with E-state index in [-0.39, 0.29) is 13.1 Å². The third-order valence-electron chi connectivity index (χ3n) is 2.76. The molecule has 2 aromatic rings. The molecule has 5 nitrogen and oxygen atoms in total. The van der Waals surface area contributed by atoms with Crippen molar-refractivity contribution in [3.05, 3.63) is 65.7 Å². The molecule has 0 saturated heterocycles. The van der Waals surface area contributed by atoms with Crippen LogP contribution >= 0.6 is 0 Å². The molecule has 2 N–H and O–H groups in total. The lowest BCUT2D eigenvalue weighted by molar-refractivity contribution is -0.139. The zero-order valence-electron chi connectivity index (χ0n) is 11.2. The Hall–Kier alpha value is -2.76. The summed E-state index contributed by atoms with van der Waals surface area (Å²) in [5.74, 6) is -2.02. The molecule has 108 valence electrons. The predicted molar refractivity (Wildman–Crippen MR) is 74.3 cm³/mol. The number of aromatic nitrogens is 1. The highest BCUT2D eigenvalue weighted by Gasteiger charge is 2.13. The fourth-order valence-electron chi connectivity index (χ4n) is 1.65. The van der Waals surface area contributed by atoms with Crippen LogP contribution in [0.5, 0.6) is 0 Å². The van der Waals surface area contributed by atoms with Crippen molar-refractivity contribution in [2.45, 2.75) is 13.1 Å². The molecule has 0 unspecified atom stereocenters. The summed E-state index contributed by atoms with van der Waals surface area (Å²) in [7, 11) is 0. The van der Waals surface area contributed by atoms with Crippen molar-refractivity contribution >= 4 is 11.8 Å². The lowest BCUT2D eigenvalue weighted by atomic mass is 10.2. The van der Waals surface area contributed by atoms with Gasteiger partial charge >= 0.3 is 11.8 Å². The molecular formula is C15H14FN3O2. The number of nitrogens with one attached hydrogen (secondary N) is 2. The third-order valence-corrected chi connectivity index (χ3v) is 2.76. The molecule has 2 rings (SSSR count). The van der Waals surface area contributed by atoms with Gasteiger partial charge in [0, 0.05) is 18.3 Å². The van der Waals surface area contributed by atoms with Gasteiger partial charge in [0.25, 0.3) is 0 Å². The molecule has 0 radical (unpaired) electrons. The van der Waals surface area contributed by atoms with Gasteiger partial charge in [0.2, 0.25) is 0 Å². The lowest BCUT2D eigenvalue weighted by Crippen LogP contribution is -2.39. The number of hydrogen-bond acceptors (Lipinski definition) is 3. The van der Waals surface area contributed by atoms with Gasteiger partial charge in [-0.1, -0.05) is 24.3 Å². The molecule has 0 fully saturated rings. The van der Waals surface area contributed by atoms with Crippen LogP contribution in [-0.4, -0.2) is 16.8 Å². The van der Waals surface area contributed by atoms with Crippen LogP contribution in [0, 0.1) is 5.82 Å². The van der Waals surface area contributed by atoms with E-state index in [0.29, 0.717) is 11.3 Å². The number of halogens is 1. The van der Waals surface area contributed by atoms with Crippen LogP contribution in [0.2, 0.25) is 0 Å². The first kappa shape index (κ1) is 14.6. The molecule has 0 aliphatic heterocycles. The fraction of sp³-hybridized carbons (Fsp3) is 0.133. The molecule has 21 heavy (non-hydrogen) atoms. The Morgan fingerprint density at radius 1 is 0.952 bits per heavy atom. The summed E-state index contributed by atoms with van der Waals surface area (Å²) < 4.78 is 13.4. The average molecular weight is 287 g/mol. The maximum absolute atomic E-state index is 13.4. The SMILES string of the molecule is O=C(NCc1ccccn1)C(=O)NCc1ccccc1F. The van der Waals surface area contributed by atoms with E-state index >= 15 is 0 Å². The molecule has 1 aromatic carbocycles. The molecule has 1 aromatic heterocycles. The third kappa shape index (κ3) is 4.38. The number of benzene rings is 1. The average Bonchev–Trinajstić information content (AvgIpc) is 2.52. The maximum atomic E-state index is 13.4. The molecule has 0 spiro atoms. The van der Waals surface area contributed by atoms with E-state index in [0.717, 1.165) is 0 Å². The van der Waals surface area contributed by atoms with Crippen molar-refractivity contribution in [3.63, 3.8) is 0 Å². The quantitative estimate of drug-likeness (QED) is 0.829. The highest BCUT2D eigenvalue weighted by atomic mass is 19.1. The fourth-order valence-corrected chi connectivity index (χ4v) is 1.65. The molecular weight excluding hydrogens is 273 g/mol. The number of amides is 2. The molecule has 6 heteroatoms. The van der Waals surface area contributed by atoms with Crippen LogP contribution in [0.25, 0.3) is 0 Å². The summed E-state index contributed by atoms with van der Waals surface area (Å²) in [5, 5.41) is 4.81. The van der Waals surface area contributed by atoms with Gasteiger partial charge in [0.1, 0.15) is 5.82 Å². The molecule has 0 saturated carbocycles. The molecule has 0 atom stereocenters. The van der Waals surface area contributed by atoms with Crippen molar-refractivity contribution < 1.29 is 14.0 Å². The van der Waals surface area contributed by atoms with Gasteiger partial charge in [0.05, 0.1) is 12.2 Å². The minimum atomic E-state index is -0.811. The van der Waals surface area contributed by atoms with E-state index in [1.165, 1.54) is 6.07 Å². The summed E-state index contributed by atoms with van der Waals surface area (Å²) >= 11 is 0. The summed E-state index contributed by atoms with van der Waals surface area (Å²) in [5.41, 5.74) is 0.969. The second-order valence-electron chi connectivity index (χ2n) is 4.28. The van der Waals surface area contributed by atoms with Crippen molar-refractivity contribution in [1.29, 1.82) is 0 Å². The number of hydrogen-bond donors (Lipinski definition) is 2. The van der Waals surface area contributed by atoms with Crippen molar-refractivity contribution in [1.82, 2.24) is 15.6 Å². The van der Waals surface area contributed by atoms with Gasteiger partial charge in [-0.3, -0.25) is 14.6 Å². The summed E-state index contributed by atoms with van der Waals surface area (Å²) in [6.45, 7) is 0.120. The highest BCUT2D eigenvalue weighted by molar-refractivity contribution is 6.35. The van der Waals surface area contributed by atoms with Crippen LogP contribution in [0.15, 0.2) is 48.7 Å². The Kier molecular flexibility index (Phi) is 4.98. The first-order valence-electron chi connectivity index (χ1n) is 6.36. The van der Waals surface area contributed by atoms with E-state index in [2.05, 4.69) is 15.6 Å². The number of carbonyl (C=O) groups excluding carboxylic acids is 2. The van der Waals surface area contributed by atoms with Crippen LogP contribution in [-0.2, 0) is 22.7 Å². The van der Waals surface area contributed by atoms with Gasteiger partial charge in [-0.25, -0.2) is 4.39 Å². The van der Waals surface area contributed by atoms with Gasteiger partial charge in [0.15, 0.2) is 0 Å². The van der Waals surface area contributed by atoms with Crippen LogP contribution in [0.3, 0.4) is 0 Å². The second-order valence-corrected chi connectivity index (χ2v) is 4.28. The van der Waals surface area contributed by atoms with Crippen LogP contribution < -0.4 is 10.6 Å². The van der Waals surface area contributed by atoms with Crippen molar-refractivity contribution in [3.8, 4) is 0 Å². The highest BCUT2D eigenvalue weighted by Crippen LogP contribution is 2.05. The zero-order valence-corrected chi connectivity index (χ0v) is 11.2. The minimum Gasteiger partial charge on any atom is -0.344 e. The molecule has 0 aliphatic carbocycles. The Balaban J connectivity index is 1.80. The minimum absolute atomic E-state index is 0.0392. The standard InChI is InChI=1S/C15H14FN3O2/c16-13-7-2-1-5-11(13)9-18-14(20)15(21)19-10-12-6-3-4-8-17-12/h1-8H,9-10H2,(H,18,20)(H,19,21). The number of carbonyl (C=O) groups is 2. The van der Waals surface area contributed by atoms with E-state index < -0.39 is 17.6 Å². The van der Waals surface area contributed by atoms with Crippen LogP contribution in [0.1, 0.15) is 11.3 Å². The molecule has 1 heterocycles. The van der Waals surface area contributed by atoms with E-state index in [1.54, 1.807) is 42.6 Å². The molecule has 2 amide bonds. The topological polar surface area (TPSA) is 71.1 Å². The summed E-state index contributed by atoms with van der Waals surface area (Å²) in [6, 6.07) is 11.3. The predicted octanol–water partition coefficient (Wildman–Crippen LogP) is 1.15. The van der Waals surface area contributed by atoms with Gasteiger partial charge in [-0.15, -0.1) is 0 Å². The molecule has 0 aliphatic rings. The van der Waals surface area contributed by atoms with Gasteiger partial charge in [-0.05, 0) is 18.2 Å².